The minimum atomic E-state index is -0.981. The first kappa shape index (κ1) is 13.1. The number of hydrogen-bond acceptors (Lipinski definition) is 3. The van der Waals surface area contributed by atoms with Gasteiger partial charge >= 0.3 is 5.97 Å². The molecule has 1 aliphatic rings. The largest absolute Gasteiger partial charge is 0.490 e. The van der Waals surface area contributed by atoms with E-state index >= 15 is 0 Å². The number of carbonyl (C=O) groups is 2. The summed E-state index contributed by atoms with van der Waals surface area (Å²) in [5.41, 5.74) is 0.195. The van der Waals surface area contributed by atoms with Crippen molar-refractivity contribution in [3.05, 3.63) is 27.3 Å². The Hall–Kier alpha value is -1.31. The topological polar surface area (TPSA) is 75.6 Å². The molecule has 1 unspecified atom stereocenters. The van der Waals surface area contributed by atoms with E-state index in [0.29, 0.717) is 18.8 Å². The number of aromatic carboxylic acids is 1. The van der Waals surface area contributed by atoms with Gasteiger partial charge in [0.05, 0.1) is 15.2 Å². The lowest BCUT2D eigenvalue weighted by atomic mass is 10.2. The SMILES string of the molecule is O=C1CCC(COc2cc(C(=O)O)ccc2I)N1. The summed E-state index contributed by atoms with van der Waals surface area (Å²) in [7, 11) is 0. The number of ether oxygens (including phenoxy) is 1. The molecule has 0 spiro atoms. The molecule has 0 aromatic heterocycles. The van der Waals surface area contributed by atoms with Gasteiger partial charge in [0.2, 0.25) is 5.91 Å². The van der Waals surface area contributed by atoms with Crippen LogP contribution in [0.15, 0.2) is 18.2 Å². The molecule has 5 nitrogen and oxygen atoms in total. The van der Waals surface area contributed by atoms with Crippen LogP contribution in [-0.4, -0.2) is 29.6 Å². The third kappa shape index (κ3) is 3.12. The van der Waals surface area contributed by atoms with Crippen LogP contribution in [0, 0.1) is 3.57 Å². The van der Waals surface area contributed by atoms with Gasteiger partial charge in [-0.05, 0) is 47.2 Å². The maximum Gasteiger partial charge on any atom is 0.335 e. The van der Waals surface area contributed by atoms with E-state index < -0.39 is 5.97 Å². The van der Waals surface area contributed by atoms with Crippen molar-refractivity contribution in [3.8, 4) is 5.75 Å². The second-order valence-electron chi connectivity index (χ2n) is 4.06. The van der Waals surface area contributed by atoms with E-state index in [1.807, 2.05) is 0 Å². The highest BCUT2D eigenvalue weighted by atomic mass is 127. The lowest BCUT2D eigenvalue weighted by Crippen LogP contribution is -2.31. The number of hydrogen-bond donors (Lipinski definition) is 2. The molecule has 1 saturated heterocycles. The summed E-state index contributed by atoms with van der Waals surface area (Å²) < 4.78 is 6.42. The number of halogens is 1. The van der Waals surface area contributed by atoms with Crippen LogP contribution in [0.5, 0.6) is 5.75 Å². The molecule has 1 aromatic carbocycles. The lowest BCUT2D eigenvalue weighted by molar-refractivity contribution is -0.119. The monoisotopic (exact) mass is 361 g/mol. The second-order valence-corrected chi connectivity index (χ2v) is 5.23. The van der Waals surface area contributed by atoms with Gasteiger partial charge in [0, 0.05) is 6.42 Å². The van der Waals surface area contributed by atoms with E-state index in [4.69, 9.17) is 9.84 Å². The van der Waals surface area contributed by atoms with Crippen molar-refractivity contribution in [1.29, 1.82) is 0 Å². The number of benzene rings is 1. The summed E-state index contributed by atoms with van der Waals surface area (Å²) in [6.07, 6.45) is 1.29. The van der Waals surface area contributed by atoms with Gasteiger partial charge in [-0.3, -0.25) is 4.79 Å². The fourth-order valence-electron chi connectivity index (χ4n) is 1.74. The fraction of sp³-hybridized carbons (Fsp3) is 0.333. The van der Waals surface area contributed by atoms with E-state index in [-0.39, 0.29) is 17.5 Å². The van der Waals surface area contributed by atoms with Crippen molar-refractivity contribution in [3.63, 3.8) is 0 Å². The van der Waals surface area contributed by atoms with Crippen LogP contribution in [0.1, 0.15) is 23.2 Å². The Kier molecular flexibility index (Phi) is 4.05. The molecule has 1 aromatic rings. The Bertz CT molecular complexity index is 489. The van der Waals surface area contributed by atoms with Crippen molar-refractivity contribution < 1.29 is 19.4 Å². The summed E-state index contributed by atoms with van der Waals surface area (Å²) in [5.74, 6) is -0.403. The third-order valence-electron chi connectivity index (χ3n) is 2.70. The van der Waals surface area contributed by atoms with Crippen LogP contribution in [0.25, 0.3) is 0 Å². The number of nitrogens with one attached hydrogen (secondary N) is 1. The number of carbonyl (C=O) groups excluding carboxylic acids is 1. The average molecular weight is 361 g/mol. The van der Waals surface area contributed by atoms with Gasteiger partial charge in [0.25, 0.3) is 0 Å². The first-order chi connectivity index (χ1) is 8.56. The van der Waals surface area contributed by atoms with E-state index in [1.165, 1.54) is 12.1 Å². The van der Waals surface area contributed by atoms with E-state index in [1.54, 1.807) is 6.07 Å². The summed E-state index contributed by atoms with van der Waals surface area (Å²) in [5, 5.41) is 11.7. The number of rotatable bonds is 4. The molecule has 1 aliphatic heterocycles. The van der Waals surface area contributed by atoms with Crippen LogP contribution in [0.4, 0.5) is 0 Å². The zero-order valence-corrected chi connectivity index (χ0v) is 11.6. The zero-order valence-electron chi connectivity index (χ0n) is 9.48. The molecule has 0 radical (unpaired) electrons. The van der Waals surface area contributed by atoms with Crippen molar-refractivity contribution in [2.24, 2.45) is 0 Å². The molecule has 6 heteroatoms. The summed E-state index contributed by atoms with van der Waals surface area (Å²) in [6.45, 7) is 0.366. The molecule has 2 N–H and O–H groups in total. The maximum absolute atomic E-state index is 11.0. The fourth-order valence-corrected chi connectivity index (χ4v) is 2.23. The van der Waals surface area contributed by atoms with Crippen LogP contribution < -0.4 is 10.1 Å². The normalized spacial score (nSPS) is 18.5. The van der Waals surface area contributed by atoms with Crippen LogP contribution in [0.3, 0.4) is 0 Å². The quantitative estimate of drug-likeness (QED) is 0.800. The number of carboxylic acids is 1. The van der Waals surface area contributed by atoms with Crippen molar-refractivity contribution in [2.75, 3.05) is 6.61 Å². The van der Waals surface area contributed by atoms with E-state index in [0.717, 1.165) is 9.99 Å². The molecule has 1 fully saturated rings. The number of carboxylic acid groups (broad SMARTS) is 1. The van der Waals surface area contributed by atoms with Gasteiger partial charge in [-0.15, -0.1) is 0 Å². The molecule has 18 heavy (non-hydrogen) atoms. The summed E-state index contributed by atoms with van der Waals surface area (Å²) >= 11 is 2.09. The van der Waals surface area contributed by atoms with Crippen molar-refractivity contribution in [2.45, 2.75) is 18.9 Å². The lowest BCUT2D eigenvalue weighted by Gasteiger charge is -2.13. The molecule has 96 valence electrons. The van der Waals surface area contributed by atoms with Gasteiger partial charge in [-0.2, -0.15) is 0 Å². The summed E-state index contributed by atoms with van der Waals surface area (Å²) in [6, 6.07) is 4.75. The smallest absolute Gasteiger partial charge is 0.335 e. The van der Waals surface area contributed by atoms with Crippen LogP contribution in [-0.2, 0) is 4.79 Å². The second kappa shape index (κ2) is 5.55. The van der Waals surface area contributed by atoms with Gasteiger partial charge in [-0.25, -0.2) is 4.79 Å². The van der Waals surface area contributed by atoms with Gasteiger partial charge in [0.1, 0.15) is 12.4 Å². The Balaban J connectivity index is 2.02. The average Bonchev–Trinajstić information content (AvgIpc) is 2.74. The molecule has 0 aliphatic carbocycles. The minimum Gasteiger partial charge on any atom is -0.490 e. The van der Waals surface area contributed by atoms with Gasteiger partial charge in [0.15, 0.2) is 0 Å². The Labute approximate surface area is 118 Å². The van der Waals surface area contributed by atoms with Gasteiger partial charge < -0.3 is 15.2 Å². The molecular weight excluding hydrogens is 349 g/mol. The molecule has 0 saturated carbocycles. The molecule has 1 atom stereocenters. The molecular formula is C12H12INO4. The Morgan fingerprint density at radius 3 is 2.94 bits per heavy atom. The molecule has 0 bridgehead atoms. The predicted molar refractivity (Wildman–Crippen MR) is 72.8 cm³/mol. The highest BCUT2D eigenvalue weighted by Crippen LogP contribution is 2.23. The highest BCUT2D eigenvalue weighted by molar-refractivity contribution is 14.1. The summed E-state index contributed by atoms with van der Waals surface area (Å²) in [4.78, 5) is 21.9. The number of amides is 1. The highest BCUT2D eigenvalue weighted by Gasteiger charge is 2.21. The zero-order chi connectivity index (χ0) is 13.1. The Morgan fingerprint density at radius 1 is 1.56 bits per heavy atom. The Morgan fingerprint density at radius 2 is 2.33 bits per heavy atom. The standard InChI is InChI=1S/C12H12INO4/c13-9-3-1-7(12(16)17)5-10(9)18-6-8-2-4-11(15)14-8/h1,3,5,8H,2,4,6H2,(H,14,15)(H,16,17). The minimum absolute atomic E-state index is 0.0155. The first-order valence-corrected chi connectivity index (χ1v) is 6.59. The van der Waals surface area contributed by atoms with E-state index in [9.17, 15) is 9.59 Å². The first-order valence-electron chi connectivity index (χ1n) is 5.51. The molecule has 1 amide bonds. The van der Waals surface area contributed by atoms with Crippen LogP contribution >= 0.6 is 22.6 Å². The van der Waals surface area contributed by atoms with Gasteiger partial charge in [-0.1, -0.05) is 0 Å². The third-order valence-corrected chi connectivity index (χ3v) is 3.59. The van der Waals surface area contributed by atoms with E-state index in [2.05, 4.69) is 27.9 Å². The van der Waals surface area contributed by atoms with Crippen LogP contribution in [0.2, 0.25) is 0 Å². The molecule has 2 rings (SSSR count). The molecule has 1 heterocycles. The van der Waals surface area contributed by atoms with Crippen molar-refractivity contribution >= 4 is 34.5 Å². The predicted octanol–water partition coefficient (Wildman–Crippen LogP) is 1.65. The maximum atomic E-state index is 11.0. The van der Waals surface area contributed by atoms with Crippen molar-refractivity contribution in [1.82, 2.24) is 5.32 Å².